The lowest BCUT2D eigenvalue weighted by molar-refractivity contribution is -0.137. The predicted octanol–water partition coefficient (Wildman–Crippen LogP) is 2.97. The van der Waals surface area contributed by atoms with Gasteiger partial charge in [-0.1, -0.05) is 13.0 Å². The fourth-order valence-corrected chi connectivity index (χ4v) is 1.32. The molecule has 0 aromatic heterocycles. The van der Waals surface area contributed by atoms with Gasteiger partial charge in [-0.25, -0.2) is 0 Å². The van der Waals surface area contributed by atoms with Crippen molar-refractivity contribution in [3.8, 4) is 6.19 Å². The van der Waals surface area contributed by atoms with Crippen LogP contribution < -0.4 is 4.90 Å². The SMILES string of the molecule is CCC(=O)CN(C#N)c1cccc(C(F)(F)F)c1. The van der Waals surface area contributed by atoms with E-state index in [2.05, 4.69) is 0 Å². The molecular formula is C12H11F3N2O. The Hall–Kier alpha value is -2.03. The van der Waals surface area contributed by atoms with Gasteiger partial charge in [0.05, 0.1) is 17.8 Å². The van der Waals surface area contributed by atoms with Gasteiger partial charge in [0, 0.05) is 6.42 Å². The number of alkyl halides is 3. The monoisotopic (exact) mass is 256 g/mol. The molecule has 6 heteroatoms. The zero-order valence-electron chi connectivity index (χ0n) is 9.66. The maximum Gasteiger partial charge on any atom is 0.416 e. The fourth-order valence-electron chi connectivity index (χ4n) is 1.32. The smallest absolute Gasteiger partial charge is 0.298 e. The van der Waals surface area contributed by atoms with Crippen LogP contribution >= 0.6 is 0 Å². The molecule has 0 fully saturated rings. The van der Waals surface area contributed by atoms with Crippen LogP contribution in [0.4, 0.5) is 18.9 Å². The van der Waals surface area contributed by atoms with E-state index in [9.17, 15) is 18.0 Å². The van der Waals surface area contributed by atoms with E-state index in [0.29, 0.717) is 0 Å². The molecule has 96 valence electrons. The third-order valence-electron chi connectivity index (χ3n) is 2.33. The molecule has 0 radical (unpaired) electrons. The van der Waals surface area contributed by atoms with Gasteiger partial charge in [-0.2, -0.15) is 18.4 Å². The molecule has 1 aromatic carbocycles. The topological polar surface area (TPSA) is 44.1 Å². The molecule has 1 aromatic rings. The van der Waals surface area contributed by atoms with E-state index in [1.165, 1.54) is 12.1 Å². The number of hydrogen-bond donors (Lipinski definition) is 0. The minimum Gasteiger partial charge on any atom is -0.298 e. The summed E-state index contributed by atoms with van der Waals surface area (Å²) in [5.41, 5.74) is -0.779. The summed E-state index contributed by atoms with van der Waals surface area (Å²) >= 11 is 0. The van der Waals surface area contributed by atoms with E-state index in [1.54, 1.807) is 13.1 Å². The third-order valence-corrected chi connectivity index (χ3v) is 2.33. The molecule has 0 unspecified atom stereocenters. The Morgan fingerprint density at radius 3 is 2.61 bits per heavy atom. The van der Waals surface area contributed by atoms with Crippen molar-refractivity contribution in [1.82, 2.24) is 0 Å². The molecule has 18 heavy (non-hydrogen) atoms. The number of carbonyl (C=O) groups excluding carboxylic acids is 1. The number of benzene rings is 1. The number of hydrogen-bond acceptors (Lipinski definition) is 3. The number of rotatable bonds is 4. The number of halogens is 3. The molecule has 0 bridgehead atoms. The number of nitriles is 1. The van der Waals surface area contributed by atoms with Crippen LogP contribution in [0.1, 0.15) is 18.9 Å². The third kappa shape index (κ3) is 3.48. The second kappa shape index (κ2) is 5.54. The first-order valence-corrected chi connectivity index (χ1v) is 5.24. The molecule has 0 amide bonds. The van der Waals surface area contributed by atoms with Crippen molar-refractivity contribution < 1.29 is 18.0 Å². The number of anilines is 1. The van der Waals surface area contributed by atoms with Gasteiger partial charge in [-0.15, -0.1) is 0 Å². The molecule has 0 aliphatic heterocycles. The van der Waals surface area contributed by atoms with Gasteiger partial charge in [0.2, 0.25) is 0 Å². The highest BCUT2D eigenvalue weighted by atomic mass is 19.4. The number of nitrogens with zero attached hydrogens (tertiary/aromatic N) is 2. The maximum absolute atomic E-state index is 12.5. The van der Waals surface area contributed by atoms with Crippen molar-refractivity contribution in [3.63, 3.8) is 0 Å². The first-order chi connectivity index (χ1) is 8.38. The van der Waals surface area contributed by atoms with Crippen LogP contribution in [0.5, 0.6) is 0 Å². The molecular weight excluding hydrogens is 245 g/mol. The summed E-state index contributed by atoms with van der Waals surface area (Å²) in [5.74, 6) is -0.214. The first kappa shape index (κ1) is 14.0. The van der Waals surface area contributed by atoms with Crippen molar-refractivity contribution in [1.29, 1.82) is 5.26 Å². The normalized spacial score (nSPS) is 10.8. The standard InChI is InChI=1S/C12H11F3N2O/c1-2-11(18)7-17(8-16)10-5-3-4-9(6-10)12(13,14)15/h3-6H,2,7H2,1H3. The summed E-state index contributed by atoms with van der Waals surface area (Å²) < 4.78 is 37.5. The highest BCUT2D eigenvalue weighted by molar-refractivity contribution is 5.84. The molecule has 0 saturated heterocycles. The van der Waals surface area contributed by atoms with Gasteiger partial charge in [0.25, 0.3) is 0 Å². The molecule has 0 heterocycles. The van der Waals surface area contributed by atoms with E-state index >= 15 is 0 Å². The molecule has 1 rings (SSSR count). The zero-order valence-corrected chi connectivity index (χ0v) is 9.66. The Morgan fingerprint density at radius 2 is 2.11 bits per heavy atom. The first-order valence-electron chi connectivity index (χ1n) is 5.24. The summed E-state index contributed by atoms with van der Waals surface area (Å²) in [6.07, 6.45) is -2.53. The Bertz CT molecular complexity index is 477. The Balaban J connectivity index is 3.01. The van der Waals surface area contributed by atoms with Crippen LogP contribution in [0.25, 0.3) is 0 Å². The van der Waals surface area contributed by atoms with Gasteiger partial charge in [0.15, 0.2) is 12.0 Å². The highest BCUT2D eigenvalue weighted by Crippen LogP contribution is 2.31. The van der Waals surface area contributed by atoms with Crippen molar-refractivity contribution in [3.05, 3.63) is 29.8 Å². The number of ketones is 1. The van der Waals surface area contributed by atoms with E-state index in [-0.39, 0.29) is 24.4 Å². The van der Waals surface area contributed by atoms with Gasteiger partial charge in [0.1, 0.15) is 0 Å². The van der Waals surface area contributed by atoms with Gasteiger partial charge in [-0.3, -0.25) is 9.69 Å². The lowest BCUT2D eigenvalue weighted by Gasteiger charge is -2.16. The summed E-state index contributed by atoms with van der Waals surface area (Å²) in [7, 11) is 0. The van der Waals surface area contributed by atoms with Gasteiger partial charge < -0.3 is 0 Å². The fraction of sp³-hybridized carbons (Fsp3) is 0.333. The van der Waals surface area contributed by atoms with Gasteiger partial charge >= 0.3 is 6.18 Å². The van der Waals surface area contributed by atoms with E-state index in [0.717, 1.165) is 17.0 Å². The Kier molecular flexibility index (Phi) is 4.32. The summed E-state index contributed by atoms with van der Waals surface area (Å²) in [5, 5.41) is 8.86. The average Bonchev–Trinajstić information content (AvgIpc) is 2.34. The second-order valence-electron chi connectivity index (χ2n) is 3.63. The molecule has 0 aliphatic carbocycles. The van der Waals surface area contributed by atoms with Crippen LogP contribution in [0.2, 0.25) is 0 Å². The zero-order chi connectivity index (χ0) is 13.8. The quantitative estimate of drug-likeness (QED) is 0.614. The van der Waals surface area contributed by atoms with E-state index < -0.39 is 11.7 Å². The Labute approximate surface area is 102 Å². The Morgan fingerprint density at radius 1 is 1.44 bits per heavy atom. The van der Waals surface area contributed by atoms with Crippen molar-refractivity contribution in [2.24, 2.45) is 0 Å². The number of Topliss-reactive ketones (excluding diaryl/α,β-unsaturated/α-hetero) is 1. The van der Waals surface area contributed by atoms with Crippen LogP contribution in [0.3, 0.4) is 0 Å². The molecule has 3 nitrogen and oxygen atoms in total. The van der Waals surface area contributed by atoms with Crippen LogP contribution in [0, 0.1) is 11.5 Å². The van der Waals surface area contributed by atoms with Crippen LogP contribution in [-0.4, -0.2) is 12.3 Å². The van der Waals surface area contributed by atoms with Crippen molar-refractivity contribution >= 4 is 11.5 Å². The highest BCUT2D eigenvalue weighted by Gasteiger charge is 2.30. The summed E-state index contributed by atoms with van der Waals surface area (Å²) in [6.45, 7) is 1.42. The van der Waals surface area contributed by atoms with Crippen molar-refractivity contribution in [2.75, 3.05) is 11.4 Å². The molecule has 0 N–H and O–H groups in total. The second-order valence-corrected chi connectivity index (χ2v) is 3.63. The average molecular weight is 256 g/mol. The molecule has 0 saturated carbocycles. The predicted molar refractivity (Wildman–Crippen MR) is 59.7 cm³/mol. The maximum atomic E-state index is 12.5. The minimum atomic E-state index is -4.47. The van der Waals surface area contributed by atoms with Crippen LogP contribution in [0.15, 0.2) is 24.3 Å². The lowest BCUT2D eigenvalue weighted by atomic mass is 10.1. The molecule has 0 aliphatic rings. The number of carbonyl (C=O) groups is 1. The van der Waals surface area contributed by atoms with Crippen molar-refractivity contribution in [2.45, 2.75) is 19.5 Å². The van der Waals surface area contributed by atoms with Gasteiger partial charge in [-0.05, 0) is 18.2 Å². The summed E-state index contributed by atoms with van der Waals surface area (Å²) in [6, 6.07) is 4.34. The van der Waals surface area contributed by atoms with E-state index in [1.807, 2.05) is 0 Å². The minimum absolute atomic E-state index is 0.0640. The molecule has 0 atom stereocenters. The lowest BCUT2D eigenvalue weighted by Crippen LogP contribution is -2.24. The molecule has 0 spiro atoms. The summed E-state index contributed by atoms with van der Waals surface area (Å²) in [4.78, 5) is 12.2. The van der Waals surface area contributed by atoms with Crippen LogP contribution in [-0.2, 0) is 11.0 Å². The van der Waals surface area contributed by atoms with E-state index in [4.69, 9.17) is 5.26 Å². The largest absolute Gasteiger partial charge is 0.416 e.